The lowest BCUT2D eigenvalue weighted by atomic mass is 10.1. The Morgan fingerprint density at radius 3 is 2.29 bits per heavy atom. The summed E-state index contributed by atoms with van der Waals surface area (Å²) < 4.78 is 38.8. The molecule has 1 aromatic rings. The van der Waals surface area contributed by atoms with Crippen LogP contribution in [0.25, 0.3) is 0 Å². The first-order valence-corrected chi connectivity index (χ1v) is 4.93. The van der Waals surface area contributed by atoms with E-state index in [4.69, 9.17) is 0 Å². The number of amides is 1. The first-order chi connectivity index (χ1) is 7.79. The fraction of sp³-hybridized carbons (Fsp3) is 0.364. The lowest BCUT2D eigenvalue weighted by molar-refractivity contribution is -0.121. The number of anilines is 1. The lowest BCUT2D eigenvalue weighted by Crippen LogP contribution is -2.48. The smallest absolute Gasteiger partial charge is 0.244 e. The van der Waals surface area contributed by atoms with Gasteiger partial charge in [0.1, 0.15) is 0 Å². The zero-order valence-electron chi connectivity index (χ0n) is 9.70. The van der Waals surface area contributed by atoms with Gasteiger partial charge in [0.05, 0.1) is 11.2 Å². The summed E-state index contributed by atoms with van der Waals surface area (Å²) in [6, 6.07) is 1.72. The number of rotatable bonds is 3. The molecule has 0 aliphatic rings. The zero-order valence-corrected chi connectivity index (χ0v) is 9.70. The molecule has 3 nitrogen and oxygen atoms in total. The summed E-state index contributed by atoms with van der Waals surface area (Å²) in [5.41, 5.74) is -1.34. The molecule has 17 heavy (non-hydrogen) atoms. The highest BCUT2D eigenvalue weighted by molar-refractivity contribution is 5.97. The first-order valence-electron chi connectivity index (χ1n) is 4.93. The Bertz CT molecular complexity index is 447. The molecule has 0 saturated carbocycles. The maximum Gasteiger partial charge on any atom is 0.244 e. The second-order valence-corrected chi connectivity index (χ2v) is 4.05. The van der Waals surface area contributed by atoms with Gasteiger partial charge < -0.3 is 10.6 Å². The average molecular weight is 246 g/mol. The van der Waals surface area contributed by atoms with Crippen LogP contribution in [0.2, 0.25) is 0 Å². The zero-order chi connectivity index (χ0) is 13.2. The van der Waals surface area contributed by atoms with Gasteiger partial charge in [0.15, 0.2) is 17.5 Å². The molecule has 0 aliphatic carbocycles. The van der Waals surface area contributed by atoms with E-state index in [0.717, 1.165) is 12.1 Å². The van der Waals surface area contributed by atoms with Gasteiger partial charge in [-0.05, 0) is 33.0 Å². The number of carbonyl (C=O) groups is 1. The molecule has 1 aromatic carbocycles. The Morgan fingerprint density at radius 1 is 1.18 bits per heavy atom. The third-order valence-corrected chi connectivity index (χ3v) is 2.48. The highest BCUT2D eigenvalue weighted by Gasteiger charge is 2.26. The maximum absolute atomic E-state index is 13.3. The van der Waals surface area contributed by atoms with Crippen molar-refractivity contribution in [1.82, 2.24) is 5.32 Å². The third-order valence-electron chi connectivity index (χ3n) is 2.48. The highest BCUT2D eigenvalue weighted by atomic mass is 19.2. The van der Waals surface area contributed by atoms with Gasteiger partial charge in [0, 0.05) is 0 Å². The molecule has 2 N–H and O–H groups in total. The van der Waals surface area contributed by atoms with Crippen molar-refractivity contribution in [3.63, 3.8) is 0 Å². The Hall–Kier alpha value is -1.56. The summed E-state index contributed by atoms with van der Waals surface area (Å²) in [6.07, 6.45) is 0. The SMILES string of the molecule is CNC(C)(C)C(=O)Nc1ccc(F)c(F)c1F. The number of halogens is 3. The Labute approximate surface area is 97.0 Å². The van der Waals surface area contributed by atoms with E-state index >= 15 is 0 Å². The van der Waals surface area contributed by atoms with Crippen molar-refractivity contribution in [2.45, 2.75) is 19.4 Å². The summed E-state index contributed by atoms with van der Waals surface area (Å²) in [5, 5.41) is 4.89. The van der Waals surface area contributed by atoms with Crippen molar-refractivity contribution in [1.29, 1.82) is 0 Å². The Morgan fingerprint density at radius 2 is 1.76 bits per heavy atom. The standard InChI is InChI=1S/C11H13F3N2O/c1-11(2,15-3)10(17)16-7-5-4-6(12)8(13)9(7)14/h4-5,15H,1-3H3,(H,16,17). The number of hydrogen-bond acceptors (Lipinski definition) is 2. The second kappa shape index (κ2) is 4.75. The largest absolute Gasteiger partial charge is 0.322 e. The molecule has 0 atom stereocenters. The molecule has 0 radical (unpaired) electrons. The van der Waals surface area contributed by atoms with Crippen LogP contribution in [0.4, 0.5) is 18.9 Å². The van der Waals surface area contributed by atoms with Crippen LogP contribution < -0.4 is 10.6 Å². The van der Waals surface area contributed by atoms with Crippen molar-refractivity contribution in [3.8, 4) is 0 Å². The summed E-state index contributed by atoms with van der Waals surface area (Å²) >= 11 is 0. The number of benzene rings is 1. The fourth-order valence-electron chi connectivity index (χ4n) is 1.01. The Kier molecular flexibility index (Phi) is 3.77. The van der Waals surface area contributed by atoms with Crippen molar-refractivity contribution < 1.29 is 18.0 Å². The Balaban J connectivity index is 2.98. The highest BCUT2D eigenvalue weighted by Crippen LogP contribution is 2.20. The number of carbonyl (C=O) groups excluding carboxylic acids is 1. The van der Waals surface area contributed by atoms with E-state index in [0.29, 0.717) is 0 Å². The maximum atomic E-state index is 13.3. The van der Waals surface area contributed by atoms with Crippen molar-refractivity contribution in [2.24, 2.45) is 0 Å². The van der Waals surface area contributed by atoms with Gasteiger partial charge in [-0.15, -0.1) is 0 Å². The molecule has 0 fully saturated rings. The van der Waals surface area contributed by atoms with Gasteiger partial charge >= 0.3 is 0 Å². The summed E-state index contributed by atoms with van der Waals surface area (Å²) in [5.74, 6) is -4.87. The first kappa shape index (κ1) is 13.5. The minimum absolute atomic E-state index is 0.391. The van der Waals surface area contributed by atoms with E-state index < -0.39 is 34.6 Å². The molecule has 94 valence electrons. The quantitative estimate of drug-likeness (QED) is 0.801. The van der Waals surface area contributed by atoms with Crippen LogP contribution in [0, 0.1) is 17.5 Å². The van der Waals surface area contributed by atoms with E-state index in [2.05, 4.69) is 10.6 Å². The molecule has 0 aromatic heterocycles. The number of likely N-dealkylation sites (N-methyl/N-ethyl adjacent to an activating group) is 1. The predicted molar refractivity (Wildman–Crippen MR) is 58.1 cm³/mol. The van der Waals surface area contributed by atoms with Crippen LogP contribution in [0.5, 0.6) is 0 Å². The summed E-state index contributed by atoms with van der Waals surface area (Å²) in [4.78, 5) is 11.7. The van der Waals surface area contributed by atoms with Crippen LogP contribution in [0.3, 0.4) is 0 Å². The van der Waals surface area contributed by atoms with Crippen molar-refractivity contribution >= 4 is 11.6 Å². The van der Waals surface area contributed by atoms with Gasteiger partial charge in [-0.1, -0.05) is 0 Å². The lowest BCUT2D eigenvalue weighted by Gasteiger charge is -2.22. The molecule has 6 heteroatoms. The monoisotopic (exact) mass is 246 g/mol. The minimum Gasteiger partial charge on any atom is -0.322 e. The third kappa shape index (κ3) is 2.76. The summed E-state index contributed by atoms with van der Waals surface area (Å²) in [6.45, 7) is 3.14. The van der Waals surface area contributed by atoms with Crippen LogP contribution in [-0.2, 0) is 4.79 Å². The summed E-state index contributed by atoms with van der Waals surface area (Å²) in [7, 11) is 1.56. The molecular weight excluding hydrogens is 233 g/mol. The second-order valence-electron chi connectivity index (χ2n) is 4.05. The average Bonchev–Trinajstić information content (AvgIpc) is 2.29. The van der Waals surface area contributed by atoms with Crippen molar-refractivity contribution in [3.05, 3.63) is 29.6 Å². The number of nitrogens with one attached hydrogen (secondary N) is 2. The molecule has 1 rings (SSSR count). The number of hydrogen-bond donors (Lipinski definition) is 2. The molecule has 0 bridgehead atoms. The molecule has 0 heterocycles. The molecule has 0 spiro atoms. The molecule has 0 unspecified atom stereocenters. The van der Waals surface area contributed by atoms with Crippen molar-refractivity contribution in [2.75, 3.05) is 12.4 Å². The molecule has 0 saturated heterocycles. The minimum atomic E-state index is -1.61. The van der Waals surface area contributed by atoms with E-state index in [9.17, 15) is 18.0 Å². The van der Waals surface area contributed by atoms with Crippen LogP contribution in [-0.4, -0.2) is 18.5 Å². The van der Waals surface area contributed by atoms with Gasteiger partial charge in [0.25, 0.3) is 0 Å². The van der Waals surface area contributed by atoms with E-state index in [1.165, 1.54) is 0 Å². The van der Waals surface area contributed by atoms with E-state index in [-0.39, 0.29) is 0 Å². The molecular formula is C11H13F3N2O. The normalized spacial score (nSPS) is 11.4. The van der Waals surface area contributed by atoms with Crippen LogP contribution in [0.1, 0.15) is 13.8 Å². The van der Waals surface area contributed by atoms with Crippen LogP contribution >= 0.6 is 0 Å². The van der Waals surface area contributed by atoms with Gasteiger partial charge in [-0.25, -0.2) is 13.2 Å². The van der Waals surface area contributed by atoms with E-state index in [1.807, 2.05) is 0 Å². The molecule has 1 amide bonds. The van der Waals surface area contributed by atoms with Gasteiger partial charge in [-0.3, -0.25) is 4.79 Å². The topological polar surface area (TPSA) is 41.1 Å². The van der Waals surface area contributed by atoms with Gasteiger partial charge in [0.2, 0.25) is 5.91 Å². The van der Waals surface area contributed by atoms with Gasteiger partial charge in [-0.2, -0.15) is 0 Å². The predicted octanol–water partition coefficient (Wildman–Crippen LogP) is 2.04. The fourth-order valence-corrected chi connectivity index (χ4v) is 1.01. The van der Waals surface area contributed by atoms with Crippen LogP contribution in [0.15, 0.2) is 12.1 Å². The van der Waals surface area contributed by atoms with E-state index in [1.54, 1.807) is 20.9 Å². The molecule has 0 aliphatic heterocycles.